The lowest BCUT2D eigenvalue weighted by Crippen LogP contribution is -2.23. The van der Waals surface area contributed by atoms with Crippen molar-refractivity contribution < 1.29 is 4.79 Å². The average Bonchev–Trinajstić information content (AvgIpc) is 2.98. The molecule has 0 amide bonds. The van der Waals surface area contributed by atoms with E-state index in [1.165, 1.54) is 33.1 Å². The van der Waals surface area contributed by atoms with Gasteiger partial charge in [-0.15, -0.1) is 0 Å². The van der Waals surface area contributed by atoms with E-state index < -0.39 is 0 Å². The van der Waals surface area contributed by atoms with E-state index in [1.54, 1.807) is 0 Å². The molecule has 2 aliphatic rings. The fourth-order valence-electron chi connectivity index (χ4n) is 5.40. The minimum absolute atomic E-state index is 0.0959. The van der Waals surface area contributed by atoms with Crippen LogP contribution in [-0.4, -0.2) is 12.8 Å². The lowest BCUT2D eigenvalue weighted by atomic mass is 9.83. The third-order valence-electron chi connectivity index (χ3n) is 6.99. The highest BCUT2D eigenvalue weighted by atomic mass is 16.1. The molecule has 0 bridgehead atoms. The van der Waals surface area contributed by atoms with Crippen molar-refractivity contribution in [2.75, 3.05) is 11.9 Å². The Bertz CT molecular complexity index is 1520. The van der Waals surface area contributed by atoms with E-state index in [0.29, 0.717) is 0 Å². The highest BCUT2D eigenvalue weighted by Gasteiger charge is 2.37. The summed E-state index contributed by atoms with van der Waals surface area (Å²) in [5, 5.41) is 5.75. The number of benzene rings is 4. The van der Waals surface area contributed by atoms with E-state index in [4.69, 9.17) is 0 Å². The number of carbonyl (C=O) groups is 1. The Hall–Kier alpha value is -3.65. The van der Waals surface area contributed by atoms with E-state index in [1.807, 2.05) is 18.2 Å². The molecule has 150 valence electrons. The third kappa shape index (κ3) is 2.42. The molecule has 0 N–H and O–H groups in total. The van der Waals surface area contributed by atoms with Crippen LogP contribution in [0.2, 0.25) is 0 Å². The van der Waals surface area contributed by atoms with Crippen LogP contribution in [0.15, 0.2) is 90.2 Å². The van der Waals surface area contributed by atoms with E-state index >= 15 is 0 Å². The zero-order valence-electron chi connectivity index (χ0n) is 17.9. The molecule has 4 aromatic carbocycles. The fraction of sp³-hybridized carbons (Fsp3) is 0.138. The molecule has 2 nitrogen and oxygen atoms in total. The number of fused-ring (bicyclic) bond motifs is 1. The van der Waals surface area contributed by atoms with Gasteiger partial charge < -0.3 is 4.90 Å². The normalized spacial score (nSPS) is 19.5. The number of hydrogen-bond donors (Lipinski definition) is 0. The Morgan fingerprint density at radius 1 is 0.806 bits per heavy atom. The maximum absolute atomic E-state index is 13.4. The van der Waals surface area contributed by atoms with Gasteiger partial charge in [-0.2, -0.15) is 0 Å². The SMILES string of the molecule is CN1C(=CC=C2C=c3ccc4cccc5ccc(c3c54)C2=O)C(C)(C)c2ccccc21. The standard InChI is InChI=1S/C29H23NO/c1-29(2)23-9-4-5-10-24(23)30(3)25(29)16-14-21-17-20-12-11-18-7-6-8-19-13-15-22(28(21)31)27(20)26(18)19/h4-17H,1-3H3. The van der Waals surface area contributed by atoms with Gasteiger partial charge in [0.15, 0.2) is 5.78 Å². The van der Waals surface area contributed by atoms with Gasteiger partial charge in [0.1, 0.15) is 0 Å². The number of anilines is 1. The summed E-state index contributed by atoms with van der Waals surface area (Å²) < 4.78 is 0. The molecule has 0 saturated carbocycles. The summed E-state index contributed by atoms with van der Waals surface area (Å²) in [5.41, 5.74) is 5.16. The minimum Gasteiger partial charge on any atom is -0.347 e. The van der Waals surface area contributed by atoms with Crippen molar-refractivity contribution in [1.82, 2.24) is 0 Å². The molecule has 0 aromatic heterocycles. The maximum Gasteiger partial charge on any atom is 0.193 e. The highest BCUT2D eigenvalue weighted by Crippen LogP contribution is 2.46. The summed E-state index contributed by atoms with van der Waals surface area (Å²) in [5.74, 6) is 0.0959. The summed E-state index contributed by atoms with van der Waals surface area (Å²) in [4.78, 5) is 15.7. The number of likely N-dealkylation sites (N-methyl/N-ethyl adjacent to an activating group) is 1. The maximum atomic E-state index is 13.4. The molecule has 0 spiro atoms. The number of nitrogens with zero attached hydrogens (tertiary/aromatic N) is 1. The van der Waals surface area contributed by atoms with Gasteiger partial charge in [0.05, 0.1) is 0 Å². The Morgan fingerprint density at radius 2 is 1.55 bits per heavy atom. The van der Waals surface area contributed by atoms with E-state index in [9.17, 15) is 4.79 Å². The van der Waals surface area contributed by atoms with Gasteiger partial charge in [-0.1, -0.05) is 68.4 Å². The number of carbonyl (C=O) groups excluding carboxylic acids is 1. The van der Waals surface area contributed by atoms with Crippen LogP contribution in [0.1, 0.15) is 29.8 Å². The van der Waals surface area contributed by atoms with E-state index in [-0.39, 0.29) is 11.2 Å². The summed E-state index contributed by atoms with van der Waals surface area (Å²) in [6.07, 6.45) is 6.16. The van der Waals surface area contributed by atoms with Crippen LogP contribution in [0.5, 0.6) is 0 Å². The molecule has 0 radical (unpaired) electrons. The number of hydrogen-bond acceptors (Lipinski definition) is 2. The topological polar surface area (TPSA) is 20.3 Å². The van der Waals surface area contributed by atoms with Crippen LogP contribution in [0.25, 0.3) is 27.6 Å². The van der Waals surface area contributed by atoms with Crippen molar-refractivity contribution >= 4 is 39.1 Å². The molecule has 31 heavy (non-hydrogen) atoms. The Morgan fingerprint density at radius 3 is 2.32 bits per heavy atom. The third-order valence-corrected chi connectivity index (χ3v) is 6.99. The monoisotopic (exact) mass is 401 g/mol. The van der Waals surface area contributed by atoms with Gasteiger partial charge in [-0.3, -0.25) is 4.79 Å². The zero-order valence-corrected chi connectivity index (χ0v) is 17.9. The van der Waals surface area contributed by atoms with Crippen LogP contribution in [-0.2, 0) is 5.41 Å². The summed E-state index contributed by atoms with van der Waals surface area (Å²) in [6, 6.07) is 23.2. The van der Waals surface area contributed by atoms with Crippen LogP contribution < -0.4 is 10.1 Å². The van der Waals surface area contributed by atoms with Crippen molar-refractivity contribution in [2.24, 2.45) is 0 Å². The molecule has 1 aliphatic heterocycles. The molecular weight excluding hydrogens is 378 g/mol. The Balaban J connectivity index is 1.53. The largest absolute Gasteiger partial charge is 0.347 e. The predicted octanol–water partition coefficient (Wildman–Crippen LogP) is 5.93. The van der Waals surface area contributed by atoms with Crippen molar-refractivity contribution in [2.45, 2.75) is 19.3 Å². The molecule has 1 aliphatic carbocycles. The number of Topliss-reactive ketones (excluding diaryl/α,β-unsaturated/α-hetero) is 1. The van der Waals surface area contributed by atoms with Gasteiger partial charge in [0.2, 0.25) is 0 Å². The van der Waals surface area contributed by atoms with Crippen LogP contribution >= 0.6 is 0 Å². The summed E-state index contributed by atoms with van der Waals surface area (Å²) in [6.45, 7) is 4.49. The number of allylic oxidation sites excluding steroid dienone is 4. The molecule has 2 heteroatoms. The molecule has 0 atom stereocenters. The van der Waals surface area contributed by atoms with Crippen LogP contribution in [0, 0.1) is 0 Å². The highest BCUT2D eigenvalue weighted by molar-refractivity contribution is 6.27. The van der Waals surface area contributed by atoms with Gasteiger partial charge in [-0.05, 0) is 57.3 Å². The zero-order chi connectivity index (χ0) is 21.3. The first-order valence-corrected chi connectivity index (χ1v) is 10.7. The van der Waals surface area contributed by atoms with Crippen molar-refractivity contribution in [1.29, 1.82) is 0 Å². The average molecular weight is 402 g/mol. The van der Waals surface area contributed by atoms with Gasteiger partial charge in [0.25, 0.3) is 0 Å². The Kier molecular flexibility index (Phi) is 3.62. The van der Waals surface area contributed by atoms with Gasteiger partial charge in [0, 0.05) is 40.4 Å². The van der Waals surface area contributed by atoms with Crippen LogP contribution in [0.3, 0.4) is 0 Å². The number of rotatable bonds is 1. The summed E-state index contributed by atoms with van der Waals surface area (Å²) in [7, 11) is 2.10. The fourth-order valence-corrected chi connectivity index (χ4v) is 5.40. The predicted molar refractivity (Wildman–Crippen MR) is 130 cm³/mol. The second-order valence-corrected chi connectivity index (χ2v) is 9.07. The number of ketones is 1. The smallest absolute Gasteiger partial charge is 0.193 e. The molecule has 1 heterocycles. The molecule has 6 rings (SSSR count). The first-order chi connectivity index (χ1) is 15.0. The number of para-hydroxylation sites is 1. The molecule has 0 fully saturated rings. The lowest BCUT2D eigenvalue weighted by Gasteiger charge is -2.24. The molecule has 4 aromatic rings. The quantitative estimate of drug-likeness (QED) is 0.369. The van der Waals surface area contributed by atoms with Crippen molar-refractivity contribution in [3.05, 3.63) is 106 Å². The molecule has 0 unspecified atom stereocenters. The minimum atomic E-state index is -0.110. The van der Waals surface area contributed by atoms with Crippen molar-refractivity contribution in [3.63, 3.8) is 0 Å². The first kappa shape index (κ1) is 18.1. The van der Waals surface area contributed by atoms with Crippen LogP contribution in [0.4, 0.5) is 5.69 Å². The second kappa shape index (κ2) is 6.18. The van der Waals surface area contributed by atoms with E-state index in [0.717, 1.165) is 21.7 Å². The van der Waals surface area contributed by atoms with E-state index in [2.05, 4.69) is 92.5 Å². The van der Waals surface area contributed by atoms with Gasteiger partial charge in [-0.25, -0.2) is 0 Å². The molecular formula is C29H23NO. The molecule has 0 saturated heterocycles. The Labute approximate surface area is 181 Å². The summed E-state index contributed by atoms with van der Waals surface area (Å²) >= 11 is 0. The van der Waals surface area contributed by atoms with Gasteiger partial charge >= 0.3 is 0 Å². The second-order valence-electron chi connectivity index (χ2n) is 9.07. The van der Waals surface area contributed by atoms with Crippen molar-refractivity contribution in [3.8, 4) is 0 Å². The lowest BCUT2D eigenvalue weighted by molar-refractivity contribution is 0.104. The first-order valence-electron chi connectivity index (χ1n) is 10.7.